The smallest absolute Gasteiger partial charge is 0.266 e. The van der Waals surface area contributed by atoms with Crippen LogP contribution in [0.3, 0.4) is 0 Å². The van der Waals surface area contributed by atoms with Crippen molar-refractivity contribution >= 4 is 27.4 Å². The molecule has 30 heavy (non-hydrogen) atoms. The molecule has 152 valence electrons. The van der Waals surface area contributed by atoms with Crippen molar-refractivity contribution in [3.8, 4) is 11.3 Å². The molecule has 8 nitrogen and oxygen atoms in total. The molecule has 1 saturated heterocycles. The van der Waals surface area contributed by atoms with Gasteiger partial charge in [0, 0.05) is 56.7 Å². The van der Waals surface area contributed by atoms with Gasteiger partial charge in [-0.25, -0.2) is 14.6 Å². The molecule has 0 spiro atoms. The van der Waals surface area contributed by atoms with Crippen molar-refractivity contribution in [3.63, 3.8) is 0 Å². The first-order valence-electron chi connectivity index (χ1n) is 9.92. The van der Waals surface area contributed by atoms with Crippen molar-refractivity contribution < 1.29 is 0 Å². The normalized spacial score (nSPS) is 15.0. The molecule has 0 radical (unpaired) electrons. The molecule has 0 aliphatic carbocycles. The monoisotopic (exact) mass is 419 g/mol. The molecule has 0 atom stereocenters. The topological polar surface area (TPSA) is 80.0 Å². The predicted molar refractivity (Wildman–Crippen MR) is 118 cm³/mol. The number of thiophene rings is 1. The maximum absolute atomic E-state index is 12.3. The highest BCUT2D eigenvalue weighted by molar-refractivity contribution is 7.16. The maximum atomic E-state index is 12.3. The zero-order valence-electron chi connectivity index (χ0n) is 16.4. The Morgan fingerprint density at radius 2 is 1.90 bits per heavy atom. The van der Waals surface area contributed by atoms with Gasteiger partial charge in [-0.2, -0.15) is 5.10 Å². The van der Waals surface area contributed by atoms with Crippen molar-refractivity contribution in [2.24, 2.45) is 0 Å². The second kappa shape index (κ2) is 8.29. The van der Waals surface area contributed by atoms with Gasteiger partial charge in [-0.1, -0.05) is 0 Å². The highest BCUT2D eigenvalue weighted by atomic mass is 32.1. The number of rotatable bonds is 5. The third kappa shape index (κ3) is 3.81. The number of nitrogens with zero attached hydrogens (tertiary/aromatic N) is 7. The molecular weight excluding hydrogens is 398 g/mol. The number of aromatic nitrogens is 5. The lowest BCUT2D eigenvalue weighted by Gasteiger charge is -2.35. The average Bonchev–Trinajstić information content (AvgIpc) is 3.29. The summed E-state index contributed by atoms with van der Waals surface area (Å²) in [5.74, 6) is 1.02. The molecule has 0 N–H and O–H groups in total. The third-order valence-electron chi connectivity index (χ3n) is 5.36. The highest BCUT2D eigenvalue weighted by Crippen LogP contribution is 2.27. The summed E-state index contributed by atoms with van der Waals surface area (Å²) in [6, 6.07) is 9.24. The van der Waals surface area contributed by atoms with Gasteiger partial charge >= 0.3 is 0 Å². The second-order valence-electron chi connectivity index (χ2n) is 7.19. The largest absolute Gasteiger partial charge is 0.353 e. The van der Waals surface area contributed by atoms with E-state index in [4.69, 9.17) is 0 Å². The fraction of sp³-hybridized carbons (Fsp3) is 0.286. The Balaban J connectivity index is 1.22. The van der Waals surface area contributed by atoms with Crippen LogP contribution < -0.4 is 10.5 Å². The van der Waals surface area contributed by atoms with E-state index in [9.17, 15) is 4.79 Å². The number of piperazine rings is 1. The lowest BCUT2D eigenvalue weighted by molar-refractivity contribution is 0.242. The molecule has 0 aromatic carbocycles. The van der Waals surface area contributed by atoms with Crippen LogP contribution in [-0.4, -0.2) is 62.4 Å². The summed E-state index contributed by atoms with van der Waals surface area (Å²) in [6.07, 6.45) is 5.13. The van der Waals surface area contributed by atoms with Gasteiger partial charge in [-0.3, -0.25) is 14.7 Å². The van der Waals surface area contributed by atoms with E-state index in [-0.39, 0.29) is 5.56 Å². The first-order valence-corrected chi connectivity index (χ1v) is 10.8. The van der Waals surface area contributed by atoms with Gasteiger partial charge in [-0.05, 0) is 29.6 Å². The maximum Gasteiger partial charge on any atom is 0.266 e. The van der Waals surface area contributed by atoms with Crippen LogP contribution in [0.25, 0.3) is 21.5 Å². The van der Waals surface area contributed by atoms with Crippen LogP contribution in [0.15, 0.2) is 59.2 Å². The molecule has 5 rings (SSSR count). The van der Waals surface area contributed by atoms with E-state index in [1.54, 1.807) is 46.9 Å². The molecule has 9 heteroatoms. The second-order valence-corrected chi connectivity index (χ2v) is 8.08. The van der Waals surface area contributed by atoms with Crippen LogP contribution in [0.1, 0.15) is 0 Å². The number of hydrogen-bond donors (Lipinski definition) is 0. The molecule has 1 fully saturated rings. The summed E-state index contributed by atoms with van der Waals surface area (Å²) in [7, 11) is 0. The van der Waals surface area contributed by atoms with Crippen LogP contribution in [-0.2, 0) is 6.54 Å². The molecule has 1 aliphatic heterocycles. The molecule has 4 aromatic rings. The van der Waals surface area contributed by atoms with E-state index in [0.29, 0.717) is 6.54 Å². The Kier molecular flexibility index (Phi) is 5.20. The minimum atomic E-state index is -0.0814. The summed E-state index contributed by atoms with van der Waals surface area (Å²) in [5.41, 5.74) is 1.59. The SMILES string of the molecule is O=c1ccc(-c2cccnc2)nn1CCN1CCN(c2ncnc3sccc23)CC1. The van der Waals surface area contributed by atoms with Gasteiger partial charge in [0.15, 0.2) is 0 Å². The lowest BCUT2D eigenvalue weighted by atomic mass is 10.2. The van der Waals surface area contributed by atoms with Gasteiger partial charge < -0.3 is 4.90 Å². The van der Waals surface area contributed by atoms with E-state index in [1.807, 2.05) is 12.1 Å². The third-order valence-corrected chi connectivity index (χ3v) is 6.19. The van der Waals surface area contributed by atoms with Gasteiger partial charge in [0.05, 0.1) is 17.6 Å². The summed E-state index contributed by atoms with van der Waals surface area (Å²) >= 11 is 1.64. The summed E-state index contributed by atoms with van der Waals surface area (Å²) in [6.45, 7) is 5.00. The number of hydrogen-bond acceptors (Lipinski definition) is 8. The summed E-state index contributed by atoms with van der Waals surface area (Å²) in [4.78, 5) is 31.0. The van der Waals surface area contributed by atoms with Gasteiger partial charge in [-0.15, -0.1) is 11.3 Å². The highest BCUT2D eigenvalue weighted by Gasteiger charge is 2.20. The van der Waals surface area contributed by atoms with Crippen LogP contribution in [0.5, 0.6) is 0 Å². The van der Waals surface area contributed by atoms with E-state index in [2.05, 4.69) is 41.3 Å². The Bertz CT molecular complexity index is 1200. The number of anilines is 1. The van der Waals surface area contributed by atoms with E-state index in [0.717, 1.165) is 60.0 Å². The average molecular weight is 420 g/mol. The van der Waals surface area contributed by atoms with Crippen molar-refractivity contribution in [3.05, 3.63) is 64.8 Å². The number of fused-ring (bicyclic) bond motifs is 1. The van der Waals surface area contributed by atoms with Crippen molar-refractivity contribution in [1.29, 1.82) is 0 Å². The molecular formula is C21H21N7OS. The number of pyridine rings is 1. The first kappa shape index (κ1) is 18.8. The van der Waals surface area contributed by atoms with E-state index >= 15 is 0 Å². The van der Waals surface area contributed by atoms with Crippen molar-refractivity contribution in [2.75, 3.05) is 37.6 Å². The molecule has 0 saturated carbocycles. The van der Waals surface area contributed by atoms with Crippen LogP contribution in [0.4, 0.5) is 5.82 Å². The summed E-state index contributed by atoms with van der Waals surface area (Å²) in [5, 5.41) is 7.71. The Hall–Kier alpha value is -3.17. The standard InChI is InChI=1S/C21H21N7OS/c29-19-4-3-18(16-2-1-6-22-14-16)25-28(19)12-9-26-7-10-27(11-8-26)20-17-5-13-30-21(17)24-15-23-20/h1-6,13-15H,7-12H2. The van der Waals surface area contributed by atoms with Gasteiger partial charge in [0.1, 0.15) is 17.0 Å². The molecule has 4 aromatic heterocycles. The Labute approximate surface area is 177 Å². The van der Waals surface area contributed by atoms with Gasteiger partial charge in [0.2, 0.25) is 0 Å². The fourth-order valence-electron chi connectivity index (χ4n) is 3.73. The molecule has 1 aliphatic rings. The van der Waals surface area contributed by atoms with Gasteiger partial charge in [0.25, 0.3) is 5.56 Å². The zero-order chi connectivity index (χ0) is 20.3. The lowest BCUT2D eigenvalue weighted by Crippen LogP contribution is -2.48. The fourth-order valence-corrected chi connectivity index (χ4v) is 4.45. The minimum Gasteiger partial charge on any atom is -0.353 e. The molecule has 0 amide bonds. The van der Waals surface area contributed by atoms with E-state index < -0.39 is 0 Å². The van der Waals surface area contributed by atoms with Crippen molar-refractivity contribution in [1.82, 2.24) is 29.6 Å². The van der Waals surface area contributed by atoms with Crippen LogP contribution in [0.2, 0.25) is 0 Å². The molecule has 0 bridgehead atoms. The summed E-state index contributed by atoms with van der Waals surface area (Å²) < 4.78 is 1.55. The predicted octanol–water partition coefficient (Wildman–Crippen LogP) is 2.13. The van der Waals surface area contributed by atoms with Crippen LogP contribution >= 0.6 is 11.3 Å². The minimum absolute atomic E-state index is 0.0814. The first-order chi connectivity index (χ1) is 14.8. The molecule has 5 heterocycles. The van der Waals surface area contributed by atoms with Crippen LogP contribution in [0, 0.1) is 0 Å². The van der Waals surface area contributed by atoms with E-state index in [1.165, 1.54) is 0 Å². The quantitative estimate of drug-likeness (QED) is 0.490. The Morgan fingerprint density at radius 1 is 1.00 bits per heavy atom. The molecule has 0 unspecified atom stereocenters. The zero-order valence-corrected chi connectivity index (χ0v) is 17.2. The Morgan fingerprint density at radius 3 is 2.73 bits per heavy atom. The van der Waals surface area contributed by atoms with Crippen molar-refractivity contribution in [2.45, 2.75) is 6.54 Å².